The van der Waals surface area contributed by atoms with Crippen LogP contribution in [0, 0.1) is 13.8 Å². The first kappa shape index (κ1) is 12.3. The first-order valence-electron chi connectivity index (χ1n) is 4.47. The lowest BCUT2D eigenvalue weighted by molar-refractivity contribution is 0.607. The van der Waals surface area contributed by atoms with E-state index in [0.717, 1.165) is 0 Å². The minimum atomic E-state index is -3.70. The number of halogens is 1. The second kappa shape index (κ2) is 4.37. The van der Waals surface area contributed by atoms with E-state index in [1.165, 1.54) is 0 Å². The molecule has 0 spiro atoms. The number of nitrogens with zero attached hydrogens (tertiary/aromatic N) is 2. The van der Waals surface area contributed by atoms with Crippen molar-refractivity contribution >= 4 is 19.7 Å². The topological polar surface area (TPSA) is 52.0 Å². The number of allylic oxidation sites excluding steroid dienone is 2. The molecule has 15 heavy (non-hydrogen) atoms. The number of rotatable bonds is 3. The van der Waals surface area contributed by atoms with Crippen LogP contribution in [0.3, 0.4) is 0 Å². The molecule has 0 aliphatic heterocycles. The van der Waals surface area contributed by atoms with Crippen molar-refractivity contribution in [3.63, 3.8) is 0 Å². The van der Waals surface area contributed by atoms with E-state index >= 15 is 0 Å². The predicted octanol–water partition coefficient (Wildman–Crippen LogP) is 2.00. The molecule has 1 rings (SSSR count). The smallest absolute Gasteiger partial charge is 0.264 e. The molecular formula is C9H13ClN2O2S. The maximum absolute atomic E-state index is 11.3. The molecule has 0 unspecified atom stereocenters. The van der Waals surface area contributed by atoms with E-state index in [1.807, 2.05) is 19.1 Å². The number of aromatic nitrogens is 2. The van der Waals surface area contributed by atoms with Crippen molar-refractivity contribution < 1.29 is 8.42 Å². The number of hydrogen-bond donors (Lipinski definition) is 0. The summed E-state index contributed by atoms with van der Waals surface area (Å²) < 4.78 is 24.1. The Balaban J connectivity index is 3.27. The van der Waals surface area contributed by atoms with Crippen LogP contribution in [-0.2, 0) is 15.6 Å². The summed E-state index contributed by atoms with van der Waals surface area (Å²) in [5.74, 6) is 0. The molecule has 0 atom stereocenters. The third-order valence-electron chi connectivity index (χ3n) is 2.07. The Hall–Kier alpha value is -0.810. The third-order valence-corrected chi connectivity index (χ3v) is 3.61. The predicted molar refractivity (Wildman–Crippen MR) is 59.6 cm³/mol. The lowest BCUT2D eigenvalue weighted by Gasteiger charge is -1.99. The zero-order valence-corrected chi connectivity index (χ0v) is 10.4. The monoisotopic (exact) mass is 248 g/mol. The molecule has 0 saturated heterocycles. The van der Waals surface area contributed by atoms with Crippen LogP contribution in [0.1, 0.15) is 18.3 Å². The molecule has 0 radical (unpaired) electrons. The fraction of sp³-hybridized carbons (Fsp3) is 0.444. The highest BCUT2D eigenvalue weighted by Crippen LogP contribution is 2.22. The molecule has 6 heteroatoms. The molecule has 0 saturated carbocycles. The Bertz CT molecular complexity index is 488. The number of aryl methyl sites for hydroxylation is 1. The summed E-state index contributed by atoms with van der Waals surface area (Å²) in [6.07, 6.45) is 3.77. The van der Waals surface area contributed by atoms with Gasteiger partial charge >= 0.3 is 0 Å². The van der Waals surface area contributed by atoms with Gasteiger partial charge in [0, 0.05) is 10.7 Å². The first-order valence-corrected chi connectivity index (χ1v) is 6.78. The molecule has 0 amide bonds. The van der Waals surface area contributed by atoms with E-state index in [4.69, 9.17) is 10.7 Å². The van der Waals surface area contributed by atoms with Crippen LogP contribution in [0.4, 0.5) is 0 Å². The normalized spacial score (nSPS) is 12.5. The molecule has 0 bridgehead atoms. The van der Waals surface area contributed by atoms with Crippen molar-refractivity contribution in [2.24, 2.45) is 0 Å². The van der Waals surface area contributed by atoms with Crippen molar-refractivity contribution in [3.05, 3.63) is 23.5 Å². The van der Waals surface area contributed by atoms with Crippen LogP contribution in [0.15, 0.2) is 17.0 Å². The SMILES string of the molecule is C/C=C/Cn1nc(C)c(S(=O)(=O)Cl)c1C. The van der Waals surface area contributed by atoms with Gasteiger partial charge in [0.1, 0.15) is 4.90 Å². The second-order valence-electron chi connectivity index (χ2n) is 3.19. The fourth-order valence-electron chi connectivity index (χ4n) is 1.42. The molecule has 0 fully saturated rings. The Labute approximate surface area is 94.0 Å². The van der Waals surface area contributed by atoms with Crippen LogP contribution >= 0.6 is 10.7 Å². The van der Waals surface area contributed by atoms with E-state index in [1.54, 1.807) is 18.5 Å². The summed E-state index contributed by atoms with van der Waals surface area (Å²) in [7, 11) is 1.61. The van der Waals surface area contributed by atoms with Gasteiger partial charge in [-0.05, 0) is 20.8 Å². The molecule has 84 valence electrons. The van der Waals surface area contributed by atoms with Crippen molar-refractivity contribution in [3.8, 4) is 0 Å². The largest absolute Gasteiger partial charge is 0.264 e. The standard InChI is InChI=1S/C9H13ClN2O2S/c1-4-5-6-12-8(3)9(7(2)11-12)15(10,13)14/h4-5H,6H2,1-3H3/b5-4+. The van der Waals surface area contributed by atoms with Crippen LogP contribution in [0.5, 0.6) is 0 Å². The maximum Gasteiger partial charge on any atom is 0.264 e. The van der Waals surface area contributed by atoms with E-state index in [-0.39, 0.29) is 4.90 Å². The van der Waals surface area contributed by atoms with E-state index in [0.29, 0.717) is 17.9 Å². The molecule has 1 aromatic rings. The van der Waals surface area contributed by atoms with Gasteiger partial charge in [-0.3, -0.25) is 4.68 Å². The van der Waals surface area contributed by atoms with Gasteiger partial charge in [-0.15, -0.1) is 0 Å². The highest BCUT2D eigenvalue weighted by atomic mass is 35.7. The second-order valence-corrected chi connectivity index (χ2v) is 5.69. The van der Waals surface area contributed by atoms with Crippen molar-refractivity contribution in [1.82, 2.24) is 9.78 Å². The Kier molecular flexibility index (Phi) is 3.57. The molecule has 0 aromatic carbocycles. The first-order chi connectivity index (χ1) is 6.88. The minimum absolute atomic E-state index is 0.119. The zero-order chi connectivity index (χ0) is 11.6. The highest BCUT2D eigenvalue weighted by Gasteiger charge is 2.21. The van der Waals surface area contributed by atoms with Gasteiger partial charge in [-0.25, -0.2) is 8.42 Å². The average molecular weight is 249 g/mol. The highest BCUT2D eigenvalue weighted by molar-refractivity contribution is 8.13. The van der Waals surface area contributed by atoms with Gasteiger partial charge in [0.15, 0.2) is 0 Å². The summed E-state index contributed by atoms with van der Waals surface area (Å²) in [5.41, 5.74) is 1.01. The Morgan fingerprint density at radius 2 is 2.07 bits per heavy atom. The number of hydrogen-bond acceptors (Lipinski definition) is 3. The van der Waals surface area contributed by atoms with Crippen molar-refractivity contribution in [2.75, 3.05) is 0 Å². The Morgan fingerprint density at radius 3 is 2.47 bits per heavy atom. The third kappa shape index (κ3) is 2.60. The molecule has 1 heterocycles. The van der Waals surface area contributed by atoms with Crippen LogP contribution in [0.2, 0.25) is 0 Å². The fourth-order valence-corrected chi connectivity index (χ4v) is 2.94. The van der Waals surface area contributed by atoms with Gasteiger partial charge in [0.2, 0.25) is 0 Å². The lowest BCUT2D eigenvalue weighted by Crippen LogP contribution is -2.01. The molecule has 0 N–H and O–H groups in total. The van der Waals surface area contributed by atoms with Crippen LogP contribution in [-0.4, -0.2) is 18.2 Å². The van der Waals surface area contributed by atoms with Gasteiger partial charge in [-0.2, -0.15) is 5.10 Å². The maximum atomic E-state index is 11.3. The molecular weight excluding hydrogens is 236 g/mol. The average Bonchev–Trinajstić information content (AvgIpc) is 2.36. The van der Waals surface area contributed by atoms with Crippen molar-refractivity contribution in [2.45, 2.75) is 32.2 Å². The summed E-state index contributed by atoms with van der Waals surface area (Å²) in [6, 6.07) is 0. The van der Waals surface area contributed by atoms with Crippen LogP contribution < -0.4 is 0 Å². The van der Waals surface area contributed by atoms with E-state index in [2.05, 4.69) is 5.10 Å². The molecule has 0 aliphatic carbocycles. The Morgan fingerprint density at radius 1 is 1.47 bits per heavy atom. The lowest BCUT2D eigenvalue weighted by atomic mass is 10.4. The molecule has 4 nitrogen and oxygen atoms in total. The van der Waals surface area contributed by atoms with Gasteiger partial charge in [0.25, 0.3) is 9.05 Å². The summed E-state index contributed by atoms with van der Waals surface area (Å²) in [6.45, 7) is 5.77. The molecule has 1 aromatic heterocycles. The van der Waals surface area contributed by atoms with Gasteiger partial charge in [-0.1, -0.05) is 12.2 Å². The van der Waals surface area contributed by atoms with Crippen molar-refractivity contribution in [1.29, 1.82) is 0 Å². The van der Waals surface area contributed by atoms with Gasteiger partial charge in [0.05, 0.1) is 17.9 Å². The van der Waals surface area contributed by atoms with E-state index in [9.17, 15) is 8.42 Å². The van der Waals surface area contributed by atoms with E-state index < -0.39 is 9.05 Å². The summed E-state index contributed by atoms with van der Waals surface area (Å²) >= 11 is 0. The van der Waals surface area contributed by atoms with Gasteiger partial charge < -0.3 is 0 Å². The van der Waals surface area contributed by atoms with Crippen LogP contribution in [0.25, 0.3) is 0 Å². The quantitative estimate of drug-likeness (QED) is 0.607. The summed E-state index contributed by atoms with van der Waals surface area (Å²) in [4.78, 5) is 0.119. The zero-order valence-electron chi connectivity index (χ0n) is 8.86. The summed E-state index contributed by atoms with van der Waals surface area (Å²) in [5, 5.41) is 4.12. The minimum Gasteiger partial charge on any atom is -0.264 e. The molecule has 0 aliphatic rings.